The minimum Gasteiger partial charge on any atom is -0.325 e. The molecule has 1 saturated heterocycles. The van der Waals surface area contributed by atoms with Crippen LogP contribution in [0.5, 0.6) is 0 Å². The van der Waals surface area contributed by atoms with E-state index >= 15 is 0 Å². The first-order chi connectivity index (χ1) is 9.33. The SMILES string of the molecule is Fc1ccc2nc(C3CCCNC3)n(C3CC3)c2c1. The van der Waals surface area contributed by atoms with Gasteiger partial charge < -0.3 is 9.88 Å². The van der Waals surface area contributed by atoms with Gasteiger partial charge in [0.25, 0.3) is 0 Å². The van der Waals surface area contributed by atoms with E-state index in [1.54, 1.807) is 6.07 Å². The van der Waals surface area contributed by atoms with E-state index < -0.39 is 0 Å². The summed E-state index contributed by atoms with van der Waals surface area (Å²) in [7, 11) is 0. The lowest BCUT2D eigenvalue weighted by molar-refractivity contribution is 0.434. The molecule has 3 nitrogen and oxygen atoms in total. The minimum atomic E-state index is -0.164. The second-order valence-electron chi connectivity index (χ2n) is 5.75. The van der Waals surface area contributed by atoms with E-state index in [9.17, 15) is 4.39 Å². The fraction of sp³-hybridized carbons (Fsp3) is 0.533. The smallest absolute Gasteiger partial charge is 0.125 e. The highest BCUT2D eigenvalue weighted by atomic mass is 19.1. The van der Waals surface area contributed by atoms with Crippen molar-refractivity contribution in [2.24, 2.45) is 0 Å². The van der Waals surface area contributed by atoms with E-state index in [1.165, 1.54) is 31.7 Å². The van der Waals surface area contributed by atoms with Crippen molar-refractivity contribution in [3.63, 3.8) is 0 Å². The third kappa shape index (κ3) is 1.94. The molecule has 2 aromatic rings. The molecule has 1 aliphatic heterocycles. The molecule has 100 valence electrons. The van der Waals surface area contributed by atoms with E-state index in [2.05, 4.69) is 9.88 Å². The largest absolute Gasteiger partial charge is 0.325 e. The minimum absolute atomic E-state index is 0.164. The highest BCUT2D eigenvalue weighted by Gasteiger charge is 2.31. The third-order valence-corrected chi connectivity index (χ3v) is 4.25. The number of fused-ring (bicyclic) bond motifs is 1. The maximum absolute atomic E-state index is 13.5. The second-order valence-corrected chi connectivity index (χ2v) is 5.75. The van der Waals surface area contributed by atoms with Gasteiger partial charge >= 0.3 is 0 Å². The molecule has 4 heteroatoms. The van der Waals surface area contributed by atoms with Gasteiger partial charge in [0, 0.05) is 18.5 Å². The van der Waals surface area contributed by atoms with Crippen molar-refractivity contribution in [2.45, 2.75) is 37.6 Å². The van der Waals surface area contributed by atoms with Crippen LogP contribution in [0.15, 0.2) is 18.2 Å². The molecule has 1 aliphatic carbocycles. The molecule has 0 radical (unpaired) electrons. The number of halogens is 1. The Bertz CT molecular complexity index is 609. The first-order valence-corrected chi connectivity index (χ1v) is 7.21. The van der Waals surface area contributed by atoms with Crippen molar-refractivity contribution in [3.8, 4) is 0 Å². The Balaban J connectivity index is 1.86. The summed E-state index contributed by atoms with van der Waals surface area (Å²) in [5.74, 6) is 1.47. The molecule has 2 heterocycles. The molecule has 2 aliphatic rings. The Kier molecular flexibility index (Phi) is 2.58. The summed E-state index contributed by atoms with van der Waals surface area (Å²) < 4.78 is 15.8. The van der Waals surface area contributed by atoms with Gasteiger partial charge in [-0.05, 0) is 50.4 Å². The Morgan fingerprint density at radius 1 is 1.26 bits per heavy atom. The predicted molar refractivity (Wildman–Crippen MR) is 72.8 cm³/mol. The number of hydrogen-bond acceptors (Lipinski definition) is 2. The highest BCUT2D eigenvalue weighted by Crippen LogP contribution is 2.41. The fourth-order valence-corrected chi connectivity index (χ4v) is 3.16. The van der Waals surface area contributed by atoms with Crippen LogP contribution in [0.2, 0.25) is 0 Å². The van der Waals surface area contributed by atoms with Crippen LogP contribution in [-0.4, -0.2) is 22.6 Å². The summed E-state index contributed by atoms with van der Waals surface area (Å²) in [5.41, 5.74) is 1.91. The van der Waals surface area contributed by atoms with E-state index in [0.717, 1.165) is 29.9 Å². The van der Waals surface area contributed by atoms with Gasteiger partial charge in [-0.15, -0.1) is 0 Å². The molecule has 1 aromatic heterocycles. The van der Waals surface area contributed by atoms with E-state index in [1.807, 2.05) is 6.07 Å². The van der Waals surface area contributed by atoms with Crippen LogP contribution in [0.25, 0.3) is 11.0 Å². The molecular formula is C15H18FN3. The van der Waals surface area contributed by atoms with E-state index in [0.29, 0.717) is 12.0 Å². The standard InChI is InChI=1S/C15H18FN3/c16-11-3-6-13-14(8-11)19(12-4-5-12)15(18-13)10-2-1-7-17-9-10/h3,6,8,10,12,17H,1-2,4-5,7,9H2. The predicted octanol–water partition coefficient (Wildman–Crippen LogP) is 2.98. The number of nitrogens with one attached hydrogen (secondary N) is 1. The molecule has 0 amide bonds. The monoisotopic (exact) mass is 259 g/mol. The number of hydrogen-bond donors (Lipinski definition) is 1. The van der Waals surface area contributed by atoms with Crippen molar-refractivity contribution in [3.05, 3.63) is 29.8 Å². The highest BCUT2D eigenvalue weighted by molar-refractivity contribution is 5.76. The van der Waals surface area contributed by atoms with Gasteiger partial charge in [0.2, 0.25) is 0 Å². The lowest BCUT2D eigenvalue weighted by Gasteiger charge is -2.23. The maximum atomic E-state index is 13.5. The van der Waals surface area contributed by atoms with Crippen LogP contribution in [0, 0.1) is 5.82 Å². The van der Waals surface area contributed by atoms with Crippen molar-refractivity contribution >= 4 is 11.0 Å². The normalized spacial score (nSPS) is 23.9. The van der Waals surface area contributed by atoms with Gasteiger partial charge in [-0.2, -0.15) is 0 Å². The first kappa shape index (κ1) is 11.4. The van der Waals surface area contributed by atoms with Gasteiger partial charge in [-0.1, -0.05) is 0 Å². The number of rotatable bonds is 2. The van der Waals surface area contributed by atoms with Crippen LogP contribution in [0.3, 0.4) is 0 Å². The quantitative estimate of drug-likeness (QED) is 0.898. The van der Waals surface area contributed by atoms with E-state index in [4.69, 9.17) is 4.98 Å². The Labute approximate surface area is 111 Å². The van der Waals surface area contributed by atoms with Crippen molar-refractivity contribution in [2.75, 3.05) is 13.1 Å². The lowest BCUT2D eigenvalue weighted by Crippen LogP contribution is -2.30. The molecule has 1 aromatic carbocycles. The number of benzene rings is 1. The summed E-state index contributed by atoms with van der Waals surface area (Å²) >= 11 is 0. The zero-order chi connectivity index (χ0) is 12.8. The topological polar surface area (TPSA) is 29.9 Å². The lowest BCUT2D eigenvalue weighted by atomic mass is 9.99. The number of piperidine rings is 1. The summed E-state index contributed by atoms with van der Waals surface area (Å²) in [6, 6.07) is 5.50. The first-order valence-electron chi connectivity index (χ1n) is 7.21. The summed E-state index contributed by atoms with van der Waals surface area (Å²) in [4.78, 5) is 4.80. The Hall–Kier alpha value is -1.42. The molecular weight excluding hydrogens is 241 g/mol. The third-order valence-electron chi connectivity index (χ3n) is 4.25. The molecule has 0 bridgehead atoms. The maximum Gasteiger partial charge on any atom is 0.125 e. The van der Waals surface area contributed by atoms with Crippen molar-refractivity contribution in [1.82, 2.24) is 14.9 Å². The Morgan fingerprint density at radius 2 is 2.16 bits per heavy atom. The molecule has 0 spiro atoms. The molecule has 1 atom stereocenters. The summed E-state index contributed by atoms with van der Waals surface area (Å²) in [6.07, 6.45) is 4.79. The van der Waals surface area contributed by atoms with Gasteiger partial charge in [0.05, 0.1) is 11.0 Å². The Morgan fingerprint density at radius 3 is 2.89 bits per heavy atom. The molecule has 4 rings (SSSR count). The van der Waals surface area contributed by atoms with Gasteiger partial charge in [-0.25, -0.2) is 9.37 Å². The second kappa shape index (κ2) is 4.30. The molecule has 19 heavy (non-hydrogen) atoms. The zero-order valence-electron chi connectivity index (χ0n) is 10.9. The fourth-order valence-electron chi connectivity index (χ4n) is 3.16. The van der Waals surface area contributed by atoms with Crippen LogP contribution in [0.1, 0.15) is 43.5 Å². The number of nitrogens with zero attached hydrogens (tertiary/aromatic N) is 2. The van der Waals surface area contributed by atoms with Crippen LogP contribution in [-0.2, 0) is 0 Å². The molecule has 1 saturated carbocycles. The average Bonchev–Trinajstić information content (AvgIpc) is 3.21. The summed E-state index contributed by atoms with van der Waals surface area (Å²) in [6.45, 7) is 2.10. The average molecular weight is 259 g/mol. The van der Waals surface area contributed by atoms with Crippen LogP contribution >= 0.6 is 0 Å². The molecule has 1 N–H and O–H groups in total. The van der Waals surface area contributed by atoms with Crippen LogP contribution in [0.4, 0.5) is 4.39 Å². The van der Waals surface area contributed by atoms with Crippen molar-refractivity contribution < 1.29 is 4.39 Å². The molecule has 2 fully saturated rings. The summed E-state index contributed by atoms with van der Waals surface area (Å²) in [5, 5.41) is 3.45. The van der Waals surface area contributed by atoms with Gasteiger partial charge in [-0.3, -0.25) is 0 Å². The van der Waals surface area contributed by atoms with E-state index in [-0.39, 0.29) is 5.82 Å². The number of aromatic nitrogens is 2. The van der Waals surface area contributed by atoms with Gasteiger partial charge in [0.15, 0.2) is 0 Å². The van der Waals surface area contributed by atoms with Gasteiger partial charge in [0.1, 0.15) is 11.6 Å². The molecule has 1 unspecified atom stereocenters. The van der Waals surface area contributed by atoms with Crippen molar-refractivity contribution in [1.29, 1.82) is 0 Å². The zero-order valence-corrected chi connectivity index (χ0v) is 10.9. The van der Waals surface area contributed by atoms with Crippen LogP contribution < -0.4 is 5.32 Å². The number of imidazole rings is 1.